The highest BCUT2D eigenvalue weighted by Crippen LogP contribution is 2.26. The van der Waals surface area contributed by atoms with Gasteiger partial charge in [0, 0.05) is 98.8 Å². The molecule has 7 rings (SSSR count). The van der Waals surface area contributed by atoms with E-state index in [2.05, 4.69) is 158 Å². The molecule has 0 spiro atoms. The molecule has 0 saturated carbocycles. The number of carbonyl (C=O) groups is 4. The summed E-state index contributed by atoms with van der Waals surface area (Å²) in [6.07, 6.45) is 6.56. The Kier molecular flexibility index (Phi) is 25.1. The minimum absolute atomic E-state index is 0.0253. The summed E-state index contributed by atoms with van der Waals surface area (Å²) in [6, 6.07) is 10.3. The Bertz CT molecular complexity index is 1650. The molecule has 0 aliphatic carbocycles. The van der Waals surface area contributed by atoms with Crippen molar-refractivity contribution >= 4 is 23.6 Å². The first kappa shape index (κ1) is 63.8. The van der Waals surface area contributed by atoms with Crippen molar-refractivity contribution in [2.45, 2.75) is 210 Å². The molecule has 0 aromatic heterocycles. The SMILES string of the molecule is C=C1N(C)CCN1C(C)(C)C.C=C1OCCN1C(C)(C)C.CC(C)(C)N1CCCC1=O.CC(C)(C)N1CCCC1=O.CC(C)(C)N1CCCCC1=O.CC(C)(C)N1CCOCC1=O.Cc1ccccc1. The predicted octanol–water partition coefficient (Wildman–Crippen LogP) is 10.3. The van der Waals surface area contributed by atoms with E-state index in [1.807, 2.05) is 58.6 Å². The summed E-state index contributed by atoms with van der Waals surface area (Å²) in [5, 5.41) is 0. The van der Waals surface area contributed by atoms with Crippen LogP contribution >= 0.6 is 0 Å². The number of nitrogens with zero attached hydrogens (tertiary/aromatic N) is 7. The molecule has 13 heteroatoms. The van der Waals surface area contributed by atoms with E-state index in [1.54, 1.807) is 0 Å². The second-order valence-corrected chi connectivity index (χ2v) is 25.0. The molecule has 6 saturated heterocycles. The highest BCUT2D eigenvalue weighted by atomic mass is 16.5. The zero-order valence-corrected chi connectivity index (χ0v) is 48.4. The van der Waals surface area contributed by atoms with E-state index in [0.717, 1.165) is 103 Å². The van der Waals surface area contributed by atoms with Gasteiger partial charge in [0.15, 0.2) is 5.88 Å². The van der Waals surface area contributed by atoms with Gasteiger partial charge in [-0.2, -0.15) is 0 Å². The molecule has 70 heavy (non-hydrogen) atoms. The van der Waals surface area contributed by atoms with Gasteiger partial charge in [0.25, 0.3) is 0 Å². The molecule has 13 nitrogen and oxygen atoms in total. The quantitative estimate of drug-likeness (QED) is 0.251. The van der Waals surface area contributed by atoms with Crippen molar-refractivity contribution in [3.63, 3.8) is 0 Å². The van der Waals surface area contributed by atoms with Crippen molar-refractivity contribution in [3.05, 3.63) is 60.8 Å². The van der Waals surface area contributed by atoms with Crippen LogP contribution in [0.2, 0.25) is 0 Å². The van der Waals surface area contributed by atoms with Gasteiger partial charge in [0.2, 0.25) is 23.6 Å². The van der Waals surface area contributed by atoms with Crippen LogP contribution in [0.5, 0.6) is 0 Å². The van der Waals surface area contributed by atoms with Crippen LogP contribution in [0.25, 0.3) is 0 Å². The molecule has 1 aromatic carbocycles. The maximum atomic E-state index is 11.4. The van der Waals surface area contributed by atoms with E-state index in [-0.39, 0.29) is 45.7 Å². The summed E-state index contributed by atoms with van der Waals surface area (Å²) >= 11 is 0. The van der Waals surface area contributed by atoms with Gasteiger partial charge in [-0.1, -0.05) is 42.5 Å². The lowest BCUT2D eigenvalue weighted by atomic mass is 10.0. The summed E-state index contributed by atoms with van der Waals surface area (Å²) in [4.78, 5) is 59.4. The fourth-order valence-corrected chi connectivity index (χ4v) is 8.60. The molecule has 6 aliphatic rings. The third-order valence-corrected chi connectivity index (χ3v) is 12.6. The number of aryl methyl sites for hydroxylation is 1. The lowest BCUT2D eigenvalue weighted by molar-refractivity contribution is -0.148. The molecular weight excluding hydrogens is 879 g/mol. The number of hydrogen-bond acceptors (Lipinski definition) is 9. The topological polar surface area (TPSA) is 109 Å². The molecule has 0 radical (unpaired) electrons. The van der Waals surface area contributed by atoms with Gasteiger partial charge in [-0.3, -0.25) is 19.2 Å². The number of morpholine rings is 1. The molecule has 6 fully saturated rings. The number of hydrogen-bond donors (Lipinski definition) is 0. The maximum Gasteiger partial charge on any atom is 0.249 e. The Morgan fingerprint density at radius 1 is 0.429 bits per heavy atom. The zero-order chi connectivity index (χ0) is 54.1. The van der Waals surface area contributed by atoms with Crippen LogP contribution in [0.4, 0.5) is 0 Å². The molecule has 0 bridgehead atoms. The fraction of sp³-hybridized carbons (Fsp3) is 0.754. The predicted molar refractivity (Wildman–Crippen MR) is 290 cm³/mol. The van der Waals surface area contributed by atoms with E-state index in [0.29, 0.717) is 24.3 Å². The number of likely N-dealkylation sites (N-methyl/N-ethyl adjacent to an activating group) is 1. The number of piperidine rings is 1. The molecule has 1 aromatic rings. The zero-order valence-electron chi connectivity index (χ0n) is 48.4. The van der Waals surface area contributed by atoms with E-state index in [1.165, 1.54) is 12.0 Å². The van der Waals surface area contributed by atoms with Crippen molar-refractivity contribution in [1.29, 1.82) is 0 Å². The molecule has 402 valence electrons. The van der Waals surface area contributed by atoms with Gasteiger partial charge < -0.3 is 43.8 Å². The van der Waals surface area contributed by atoms with Gasteiger partial charge in [-0.25, -0.2) is 0 Å². The first-order valence-electron chi connectivity index (χ1n) is 26.0. The first-order chi connectivity index (χ1) is 31.9. The van der Waals surface area contributed by atoms with Gasteiger partial charge >= 0.3 is 0 Å². The number of carbonyl (C=O) groups excluding carboxylic acids is 4. The Labute approximate surface area is 428 Å². The van der Waals surface area contributed by atoms with Crippen molar-refractivity contribution in [3.8, 4) is 0 Å². The standard InChI is InChI=1S/C9H18N2.C9H17NO.C8H15NO2.3C8H15NO.C7H8/c1-8-10(5)6-7-11(8)9(2,3)4;1-9(2,3)10-7-5-4-6-8(10)11;1-8(2,3)9-4-5-11-6-7(9)10;1-7-9(5-6-10-7)8(2,3)4;2*1-8(2,3)9-6-4-5-7(9)10;1-7-5-3-2-4-6-7/h1,6-7H2,2-5H3;4-7H2,1-3H3;4-6H2,1-3H3;1,5-6H2,2-4H3;2*4-6H2,1-3H3;2-6H,1H3. The number of rotatable bonds is 0. The van der Waals surface area contributed by atoms with E-state index < -0.39 is 0 Å². The molecule has 0 unspecified atom stereocenters. The minimum atomic E-state index is -0.0547. The van der Waals surface area contributed by atoms with Crippen LogP contribution in [0.15, 0.2) is 55.2 Å². The summed E-state index contributed by atoms with van der Waals surface area (Å²) in [7, 11) is 2.09. The van der Waals surface area contributed by atoms with Crippen molar-refractivity contribution < 1.29 is 28.7 Å². The summed E-state index contributed by atoms with van der Waals surface area (Å²) in [6.45, 7) is 56.4. The van der Waals surface area contributed by atoms with Gasteiger partial charge in [0.1, 0.15) is 13.2 Å². The largest absolute Gasteiger partial charge is 0.478 e. The summed E-state index contributed by atoms with van der Waals surface area (Å²) < 4.78 is 10.2. The number of ether oxygens (including phenoxy) is 2. The van der Waals surface area contributed by atoms with Crippen LogP contribution < -0.4 is 0 Å². The molecule has 6 heterocycles. The molecule has 6 aliphatic heterocycles. The van der Waals surface area contributed by atoms with E-state index in [4.69, 9.17) is 9.47 Å². The van der Waals surface area contributed by atoms with Crippen molar-refractivity contribution in [2.24, 2.45) is 0 Å². The summed E-state index contributed by atoms with van der Waals surface area (Å²) in [5.74, 6) is 3.01. The van der Waals surface area contributed by atoms with Crippen LogP contribution in [0.3, 0.4) is 0 Å². The van der Waals surface area contributed by atoms with Crippen LogP contribution in [0, 0.1) is 6.92 Å². The van der Waals surface area contributed by atoms with Crippen LogP contribution in [-0.4, -0.2) is 164 Å². The van der Waals surface area contributed by atoms with Gasteiger partial charge in [-0.05, 0) is 164 Å². The molecular formula is C57H103N7O6. The van der Waals surface area contributed by atoms with Crippen LogP contribution in [0.1, 0.15) is 175 Å². The Hall–Kier alpha value is -4.26. The lowest BCUT2D eigenvalue weighted by Gasteiger charge is -2.38. The first-order valence-corrected chi connectivity index (χ1v) is 26.0. The smallest absolute Gasteiger partial charge is 0.249 e. The Balaban J connectivity index is 0.000000410. The maximum absolute atomic E-state index is 11.4. The number of benzene rings is 1. The average molecular weight is 982 g/mol. The monoisotopic (exact) mass is 982 g/mol. The van der Waals surface area contributed by atoms with Crippen molar-refractivity contribution in [1.82, 2.24) is 34.3 Å². The second kappa shape index (κ2) is 27.5. The van der Waals surface area contributed by atoms with Crippen LogP contribution in [-0.2, 0) is 28.7 Å². The van der Waals surface area contributed by atoms with E-state index in [9.17, 15) is 19.2 Å². The molecule has 4 amide bonds. The van der Waals surface area contributed by atoms with Gasteiger partial charge in [-0.15, -0.1) is 0 Å². The minimum Gasteiger partial charge on any atom is -0.478 e. The summed E-state index contributed by atoms with van der Waals surface area (Å²) in [5.41, 5.74) is 1.75. The lowest BCUT2D eigenvalue weighted by Crippen LogP contribution is -2.51. The second-order valence-electron chi connectivity index (χ2n) is 25.0. The van der Waals surface area contributed by atoms with Crippen molar-refractivity contribution in [2.75, 3.05) is 72.7 Å². The highest BCUT2D eigenvalue weighted by Gasteiger charge is 2.33. The fourth-order valence-electron chi connectivity index (χ4n) is 8.60. The third-order valence-electron chi connectivity index (χ3n) is 12.6. The molecule has 0 atom stereocenters. The normalized spacial score (nSPS) is 19.1. The Morgan fingerprint density at radius 2 is 0.800 bits per heavy atom. The van der Waals surface area contributed by atoms with E-state index >= 15 is 0 Å². The highest BCUT2D eigenvalue weighted by molar-refractivity contribution is 5.80. The third kappa shape index (κ3) is 22.9. The average Bonchev–Trinajstić information content (AvgIpc) is 4.04. The number of likely N-dealkylation sites (tertiary alicyclic amines) is 3. The Morgan fingerprint density at radius 3 is 1.03 bits per heavy atom. The van der Waals surface area contributed by atoms with Gasteiger partial charge in [0.05, 0.1) is 19.0 Å². The molecule has 0 N–H and O–H groups in total. The number of amides is 4.